The maximum absolute atomic E-state index is 11.4. The van der Waals surface area contributed by atoms with Gasteiger partial charge in [-0.15, -0.1) is 5.10 Å². The number of aromatic nitrogens is 3. The van der Waals surface area contributed by atoms with Crippen LogP contribution in [0.3, 0.4) is 0 Å². The van der Waals surface area contributed by atoms with Gasteiger partial charge in [-0.3, -0.25) is 14.4 Å². The van der Waals surface area contributed by atoms with Gasteiger partial charge in [-0.1, -0.05) is 12.1 Å². The van der Waals surface area contributed by atoms with Crippen LogP contribution >= 0.6 is 0 Å². The fraction of sp³-hybridized carbons (Fsp3) is 0.727. The van der Waals surface area contributed by atoms with Gasteiger partial charge in [0.25, 0.3) is 0 Å². The molecule has 1 heterocycles. The summed E-state index contributed by atoms with van der Waals surface area (Å²) >= 11 is 0. The maximum atomic E-state index is 11.4. The number of hydrogen-bond acceptors (Lipinski definition) is 5. The van der Waals surface area contributed by atoms with Crippen LogP contribution in [0.4, 0.5) is 0 Å². The standard InChI is InChI=1S/C11H20N4O2/c1-4-6-15(9-11(16)17-5-2)8-10-7-14(3)13-12-10/h7H,4-6,8-9H2,1-3H3. The van der Waals surface area contributed by atoms with Crippen molar-refractivity contribution in [2.75, 3.05) is 19.7 Å². The Bertz CT molecular complexity index is 351. The Morgan fingerprint density at radius 1 is 1.53 bits per heavy atom. The first-order valence-corrected chi connectivity index (χ1v) is 5.88. The number of rotatable bonds is 7. The normalized spacial score (nSPS) is 10.8. The van der Waals surface area contributed by atoms with Crippen molar-refractivity contribution >= 4 is 5.97 Å². The molecule has 0 atom stereocenters. The zero-order chi connectivity index (χ0) is 12.7. The molecule has 96 valence electrons. The van der Waals surface area contributed by atoms with E-state index in [1.165, 1.54) is 0 Å². The van der Waals surface area contributed by atoms with Gasteiger partial charge in [0.1, 0.15) is 0 Å². The summed E-state index contributed by atoms with van der Waals surface area (Å²) in [6, 6.07) is 0. The molecule has 17 heavy (non-hydrogen) atoms. The second kappa shape index (κ2) is 7.01. The van der Waals surface area contributed by atoms with Crippen molar-refractivity contribution < 1.29 is 9.53 Å². The van der Waals surface area contributed by atoms with E-state index in [4.69, 9.17) is 4.74 Å². The van der Waals surface area contributed by atoms with E-state index >= 15 is 0 Å². The fourth-order valence-electron chi connectivity index (χ4n) is 1.62. The van der Waals surface area contributed by atoms with Crippen molar-refractivity contribution in [1.82, 2.24) is 19.9 Å². The molecule has 1 aromatic rings. The Hall–Kier alpha value is -1.43. The summed E-state index contributed by atoms with van der Waals surface area (Å²) in [5.41, 5.74) is 0.866. The molecule has 0 aliphatic heterocycles. The SMILES string of the molecule is CCCN(CC(=O)OCC)Cc1cn(C)nn1. The van der Waals surface area contributed by atoms with E-state index in [0.29, 0.717) is 19.7 Å². The minimum absolute atomic E-state index is 0.190. The van der Waals surface area contributed by atoms with Crippen molar-refractivity contribution in [3.05, 3.63) is 11.9 Å². The summed E-state index contributed by atoms with van der Waals surface area (Å²) in [6.45, 7) is 6.08. The highest BCUT2D eigenvalue weighted by Gasteiger charge is 2.12. The highest BCUT2D eigenvalue weighted by atomic mass is 16.5. The Balaban J connectivity index is 2.50. The molecule has 0 aliphatic rings. The van der Waals surface area contributed by atoms with Crippen molar-refractivity contribution in [3.63, 3.8) is 0 Å². The highest BCUT2D eigenvalue weighted by molar-refractivity contribution is 5.71. The molecule has 0 saturated heterocycles. The second-order valence-corrected chi connectivity index (χ2v) is 3.90. The molecule has 0 unspecified atom stereocenters. The van der Waals surface area contributed by atoms with Crippen LogP contribution < -0.4 is 0 Å². The van der Waals surface area contributed by atoms with Crippen LogP contribution in [-0.4, -0.2) is 45.6 Å². The Kier molecular flexibility index (Phi) is 5.62. The summed E-state index contributed by atoms with van der Waals surface area (Å²) in [7, 11) is 1.83. The molecule has 0 fully saturated rings. The number of aryl methyl sites for hydroxylation is 1. The zero-order valence-electron chi connectivity index (χ0n) is 10.7. The molecule has 6 nitrogen and oxygen atoms in total. The summed E-state index contributed by atoms with van der Waals surface area (Å²) < 4.78 is 6.60. The molecule has 0 saturated carbocycles. The fourth-order valence-corrected chi connectivity index (χ4v) is 1.62. The molecule has 0 spiro atoms. The molecule has 0 aliphatic carbocycles. The summed E-state index contributed by atoms with van der Waals surface area (Å²) in [5.74, 6) is -0.190. The summed E-state index contributed by atoms with van der Waals surface area (Å²) in [5, 5.41) is 7.88. The van der Waals surface area contributed by atoms with E-state index in [1.54, 1.807) is 4.68 Å². The predicted molar refractivity (Wildman–Crippen MR) is 63.2 cm³/mol. The van der Waals surface area contributed by atoms with E-state index in [1.807, 2.05) is 25.1 Å². The first-order valence-electron chi connectivity index (χ1n) is 5.88. The van der Waals surface area contributed by atoms with Gasteiger partial charge in [0, 0.05) is 19.8 Å². The smallest absolute Gasteiger partial charge is 0.320 e. The molecule has 1 aromatic heterocycles. The van der Waals surface area contributed by atoms with Crippen LogP contribution in [0.15, 0.2) is 6.20 Å². The van der Waals surface area contributed by atoms with Crippen molar-refractivity contribution in [3.8, 4) is 0 Å². The Morgan fingerprint density at radius 3 is 2.82 bits per heavy atom. The van der Waals surface area contributed by atoms with E-state index in [9.17, 15) is 4.79 Å². The van der Waals surface area contributed by atoms with Gasteiger partial charge in [-0.2, -0.15) is 0 Å². The van der Waals surface area contributed by atoms with Crippen molar-refractivity contribution in [2.45, 2.75) is 26.8 Å². The van der Waals surface area contributed by atoms with Crippen LogP contribution in [-0.2, 0) is 23.1 Å². The highest BCUT2D eigenvalue weighted by Crippen LogP contribution is 2.01. The van der Waals surface area contributed by atoms with Crippen LogP contribution in [0.1, 0.15) is 26.0 Å². The average molecular weight is 240 g/mol. The molecule has 0 radical (unpaired) electrons. The van der Waals surface area contributed by atoms with Gasteiger partial charge in [-0.05, 0) is 19.9 Å². The quantitative estimate of drug-likeness (QED) is 0.653. The molecule has 0 bridgehead atoms. The molecule has 0 N–H and O–H groups in total. The van der Waals surface area contributed by atoms with Gasteiger partial charge >= 0.3 is 5.97 Å². The van der Waals surface area contributed by atoms with E-state index in [-0.39, 0.29) is 5.97 Å². The lowest BCUT2D eigenvalue weighted by atomic mass is 10.3. The molecular weight excluding hydrogens is 220 g/mol. The average Bonchev–Trinajstić information content (AvgIpc) is 2.64. The number of carbonyl (C=O) groups is 1. The third-order valence-corrected chi connectivity index (χ3v) is 2.23. The largest absolute Gasteiger partial charge is 0.465 e. The molecular formula is C11H20N4O2. The summed E-state index contributed by atoms with van der Waals surface area (Å²) in [4.78, 5) is 13.4. The van der Waals surface area contributed by atoms with Crippen LogP contribution in [0.2, 0.25) is 0 Å². The van der Waals surface area contributed by atoms with Gasteiger partial charge < -0.3 is 4.74 Å². The number of ether oxygens (including phenoxy) is 1. The van der Waals surface area contributed by atoms with E-state index in [0.717, 1.165) is 18.7 Å². The second-order valence-electron chi connectivity index (χ2n) is 3.90. The van der Waals surface area contributed by atoms with Crippen molar-refractivity contribution in [1.29, 1.82) is 0 Å². The Morgan fingerprint density at radius 2 is 2.29 bits per heavy atom. The maximum Gasteiger partial charge on any atom is 0.320 e. The Labute approximate surface area is 102 Å². The van der Waals surface area contributed by atoms with E-state index < -0.39 is 0 Å². The van der Waals surface area contributed by atoms with Crippen LogP contribution in [0.5, 0.6) is 0 Å². The monoisotopic (exact) mass is 240 g/mol. The molecule has 0 amide bonds. The summed E-state index contributed by atoms with van der Waals surface area (Å²) in [6.07, 6.45) is 2.84. The van der Waals surface area contributed by atoms with Crippen molar-refractivity contribution in [2.24, 2.45) is 7.05 Å². The van der Waals surface area contributed by atoms with Gasteiger partial charge in [-0.25, -0.2) is 0 Å². The lowest BCUT2D eigenvalue weighted by Gasteiger charge is -2.18. The topological polar surface area (TPSA) is 60.2 Å². The molecule has 6 heteroatoms. The lowest BCUT2D eigenvalue weighted by molar-refractivity contribution is -0.144. The minimum Gasteiger partial charge on any atom is -0.465 e. The van der Waals surface area contributed by atoms with Gasteiger partial charge in [0.15, 0.2) is 0 Å². The van der Waals surface area contributed by atoms with Gasteiger partial charge in [0.05, 0.1) is 18.8 Å². The first kappa shape index (κ1) is 13.6. The lowest BCUT2D eigenvalue weighted by Crippen LogP contribution is -2.31. The zero-order valence-corrected chi connectivity index (χ0v) is 10.7. The van der Waals surface area contributed by atoms with Crippen LogP contribution in [0, 0.1) is 0 Å². The van der Waals surface area contributed by atoms with E-state index in [2.05, 4.69) is 17.2 Å². The third-order valence-electron chi connectivity index (χ3n) is 2.23. The molecule has 0 aromatic carbocycles. The minimum atomic E-state index is -0.190. The predicted octanol–water partition coefficient (Wildman–Crippen LogP) is 0.590. The number of hydrogen-bond donors (Lipinski definition) is 0. The van der Waals surface area contributed by atoms with Crippen LogP contribution in [0.25, 0.3) is 0 Å². The first-order chi connectivity index (χ1) is 8.15. The number of esters is 1. The molecule has 1 rings (SSSR count). The third kappa shape index (κ3) is 4.95. The number of carbonyl (C=O) groups excluding carboxylic acids is 1. The number of nitrogens with zero attached hydrogens (tertiary/aromatic N) is 4. The van der Waals surface area contributed by atoms with Gasteiger partial charge in [0.2, 0.25) is 0 Å².